The van der Waals surface area contributed by atoms with Crippen LogP contribution in [0.25, 0.3) is 16.6 Å². The van der Waals surface area contributed by atoms with Gasteiger partial charge < -0.3 is 5.32 Å². The van der Waals surface area contributed by atoms with Gasteiger partial charge in [0.25, 0.3) is 5.56 Å². The van der Waals surface area contributed by atoms with E-state index >= 15 is 0 Å². The highest BCUT2D eigenvalue weighted by atomic mass is 35.5. The van der Waals surface area contributed by atoms with Crippen molar-refractivity contribution < 1.29 is 4.39 Å². The van der Waals surface area contributed by atoms with Gasteiger partial charge in [-0.3, -0.25) is 9.36 Å². The number of aromatic nitrogens is 2. The predicted molar refractivity (Wildman–Crippen MR) is 99.0 cm³/mol. The molecule has 0 saturated heterocycles. The Kier molecular flexibility index (Phi) is 5.16. The van der Waals surface area contributed by atoms with E-state index in [4.69, 9.17) is 16.6 Å². The first-order valence-corrected chi connectivity index (χ1v) is 8.65. The van der Waals surface area contributed by atoms with Crippen LogP contribution in [0.5, 0.6) is 0 Å². The summed E-state index contributed by atoms with van der Waals surface area (Å²) in [6.45, 7) is 4.77. The van der Waals surface area contributed by atoms with E-state index in [1.807, 2.05) is 26.0 Å². The molecule has 1 N–H and O–H groups in total. The molecule has 3 aromatic rings. The number of benzene rings is 2. The number of para-hydroxylation sites is 1. The SMILES string of the molecule is CCN[C@@H](CC)c1nc2ccccc2c(=O)n1-c1ccc(F)c(Cl)c1. The summed E-state index contributed by atoms with van der Waals surface area (Å²) < 4.78 is 15.1. The van der Waals surface area contributed by atoms with Gasteiger partial charge in [0.05, 0.1) is 27.7 Å². The van der Waals surface area contributed by atoms with E-state index in [0.717, 1.165) is 13.0 Å². The van der Waals surface area contributed by atoms with E-state index in [0.29, 0.717) is 22.4 Å². The summed E-state index contributed by atoms with van der Waals surface area (Å²) in [5.41, 5.74) is 0.948. The summed E-state index contributed by atoms with van der Waals surface area (Å²) in [5.74, 6) is 0.0724. The van der Waals surface area contributed by atoms with Gasteiger partial charge in [0, 0.05) is 0 Å². The molecule has 0 spiro atoms. The van der Waals surface area contributed by atoms with E-state index < -0.39 is 5.82 Å². The first-order chi connectivity index (χ1) is 12.1. The number of fused-ring (bicyclic) bond motifs is 1. The molecule has 0 aliphatic rings. The van der Waals surface area contributed by atoms with Gasteiger partial charge in [0.2, 0.25) is 0 Å². The Hall–Kier alpha value is -2.24. The molecule has 3 rings (SSSR count). The highest BCUT2D eigenvalue weighted by molar-refractivity contribution is 6.30. The third-order valence-electron chi connectivity index (χ3n) is 4.13. The lowest BCUT2D eigenvalue weighted by atomic mass is 10.1. The molecule has 130 valence electrons. The van der Waals surface area contributed by atoms with Crippen molar-refractivity contribution in [2.75, 3.05) is 6.54 Å². The van der Waals surface area contributed by atoms with Gasteiger partial charge in [0.1, 0.15) is 11.6 Å². The summed E-state index contributed by atoms with van der Waals surface area (Å²) in [4.78, 5) is 17.8. The molecule has 0 fully saturated rings. The van der Waals surface area contributed by atoms with Crippen LogP contribution < -0.4 is 10.9 Å². The van der Waals surface area contributed by atoms with Crippen molar-refractivity contribution in [3.05, 3.63) is 69.5 Å². The molecule has 1 aromatic heterocycles. The van der Waals surface area contributed by atoms with Gasteiger partial charge >= 0.3 is 0 Å². The lowest BCUT2D eigenvalue weighted by Gasteiger charge is -2.21. The number of halogens is 2. The second-order valence-corrected chi connectivity index (χ2v) is 6.15. The van der Waals surface area contributed by atoms with Crippen LogP contribution in [-0.4, -0.2) is 16.1 Å². The molecule has 4 nitrogen and oxygen atoms in total. The van der Waals surface area contributed by atoms with Crippen LogP contribution in [0.1, 0.15) is 32.1 Å². The Labute approximate surface area is 150 Å². The minimum atomic E-state index is -0.521. The molecule has 0 bridgehead atoms. The Morgan fingerprint density at radius 1 is 1.24 bits per heavy atom. The van der Waals surface area contributed by atoms with Crippen LogP contribution in [0.2, 0.25) is 5.02 Å². The number of nitrogens with zero attached hydrogens (tertiary/aromatic N) is 2. The molecule has 0 amide bonds. The van der Waals surface area contributed by atoms with Crippen LogP contribution >= 0.6 is 11.6 Å². The lowest BCUT2D eigenvalue weighted by molar-refractivity contribution is 0.498. The number of nitrogens with one attached hydrogen (secondary N) is 1. The maximum absolute atomic E-state index is 13.6. The summed E-state index contributed by atoms with van der Waals surface area (Å²) in [6.07, 6.45) is 0.757. The Bertz CT molecular complexity index is 971. The van der Waals surface area contributed by atoms with E-state index in [1.165, 1.54) is 16.7 Å². The number of hydrogen-bond donors (Lipinski definition) is 1. The molecular formula is C19H19ClFN3O. The van der Waals surface area contributed by atoms with Gasteiger partial charge in [-0.15, -0.1) is 0 Å². The minimum absolute atomic E-state index is 0.0278. The van der Waals surface area contributed by atoms with Gasteiger partial charge in [0.15, 0.2) is 0 Å². The van der Waals surface area contributed by atoms with Gasteiger partial charge in [-0.05, 0) is 43.3 Å². The Morgan fingerprint density at radius 2 is 2.00 bits per heavy atom. The van der Waals surface area contributed by atoms with Crippen molar-refractivity contribution in [2.45, 2.75) is 26.3 Å². The molecule has 0 saturated carbocycles. The van der Waals surface area contributed by atoms with Crippen molar-refractivity contribution in [1.82, 2.24) is 14.9 Å². The van der Waals surface area contributed by atoms with Gasteiger partial charge in [-0.2, -0.15) is 0 Å². The first kappa shape index (κ1) is 17.6. The third kappa shape index (κ3) is 3.30. The fourth-order valence-electron chi connectivity index (χ4n) is 2.92. The van der Waals surface area contributed by atoms with Crippen LogP contribution in [0, 0.1) is 5.82 Å². The topological polar surface area (TPSA) is 46.9 Å². The van der Waals surface area contributed by atoms with Crippen molar-refractivity contribution in [2.24, 2.45) is 0 Å². The largest absolute Gasteiger partial charge is 0.308 e. The summed E-state index contributed by atoms with van der Waals surface area (Å²) in [7, 11) is 0. The molecule has 1 heterocycles. The molecule has 0 radical (unpaired) electrons. The number of hydrogen-bond acceptors (Lipinski definition) is 3. The Morgan fingerprint density at radius 3 is 2.68 bits per heavy atom. The molecular weight excluding hydrogens is 341 g/mol. The monoisotopic (exact) mass is 359 g/mol. The quantitative estimate of drug-likeness (QED) is 0.741. The molecule has 2 aromatic carbocycles. The van der Waals surface area contributed by atoms with E-state index in [-0.39, 0.29) is 16.6 Å². The van der Waals surface area contributed by atoms with E-state index in [9.17, 15) is 9.18 Å². The van der Waals surface area contributed by atoms with Gasteiger partial charge in [-0.25, -0.2) is 9.37 Å². The normalized spacial score (nSPS) is 12.5. The van der Waals surface area contributed by atoms with Crippen LogP contribution in [0.15, 0.2) is 47.3 Å². The summed E-state index contributed by atoms with van der Waals surface area (Å²) in [5, 5.41) is 3.83. The minimum Gasteiger partial charge on any atom is -0.308 e. The van der Waals surface area contributed by atoms with Crippen molar-refractivity contribution >= 4 is 22.5 Å². The first-order valence-electron chi connectivity index (χ1n) is 8.27. The van der Waals surface area contributed by atoms with Crippen LogP contribution in [0.3, 0.4) is 0 Å². The van der Waals surface area contributed by atoms with Gasteiger partial charge in [-0.1, -0.05) is 37.6 Å². The molecule has 1 atom stereocenters. The van der Waals surface area contributed by atoms with E-state index in [1.54, 1.807) is 18.2 Å². The molecule has 0 aliphatic heterocycles. The van der Waals surface area contributed by atoms with Crippen molar-refractivity contribution in [3.63, 3.8) is 0 Å². The fraction of sp³-hybridized carbons (Fsp3) is 0.263. The maximum atomic E-state index is 13.6. The third-order valence-corrected chi connectivity index (χ3v) is 4.42. The highest BCUT2D eigenvalue weighted by Crippen LogP contribution is 2.23. The highest BCUT2D eigenvalue weighted by Gasteiger charge is 2.19. The molecule has 0 unspecified atom stereocenters. The maximum Gasteiger partial charge on any atom is 0.266 e. The number of rotatable bonds is 5. The zero-order valence-electron chi connectivity index (χ0n) is 14.1. The second kappa shape index (κ2) is 7.33. The summed E-state index contributed by atoms with van der Waals surface area (Å²) >= 11 is 5.93. The van der Waals surface area contributed by atoms with Crippen LogP contribution in [-0.2, 0) is 0 Å². The summed E-state index contributed by atoms with van der Waals surface area (Å²) in [6, 6.07) is 11.4. The molecule has 6 heteroatoms. The predicted octanol–water partition coefficient (Wildman–Crippen LogP) is 4.24. The van der Waals surface area contributed by atoms with E-state index in [2.05, 4.69) is 5.32 Å². The fourth-order valence-corrected chi connectivity index (χ4v) is 3.10. The zero-order valence-corrected chi connectivity index (χ0v) is 14.8. The zero-order chi connectivity index (χ0) is 18.0. The van der Waals surface area contributed by atoms with Crippen molar-refractivity contribution in [1.29, 1.82) is 0 Å². The standard InChI is InChI=1S/C19H19ClFN3O/c1-3-16(22-4-2)18-23-17-8-6-5-7-13(17)19(25)24(18)12-9-10-15(21)14(20)11-12/h5-11,16,22H,3-4H2,1-2H3/t16-/m0/s1. The average Bonchev–Trinajstić information content (AvgIpc) is 2.62. The lowest BCUT2D eigenvalue weighted by Crippen LogP contribution is -2.31. The van der Waals surface area contributed by atoms with Crippen molar-refractivity contribution in [3.8, 4) is 5.69 Å². The smallest absolute Gasteiger partial charge is 0.266 e. The van der Waals surface area contributed by atoms with Crippen LogP contribution in [0.4, 0.5) is 4.39 Å². The second-order valence-electron chi connectivity index (χ2n) is 5.74. The molecule has 0 aliphatic carbocycles. The Balaban J connectivity index is 2.35. The average molecular weight is 360 g/mol. The molecule has 25 heavy (non-hydrogen) atoms.